The van der Waals surface area contributed by atoms with E-state index in [0.29, 0.717) is 17.2 Å². The third-order valence-electron chi connectivity index (χ3n) is 4.13. The van der Waals surface area contributed by atoms with Crippen LogP contribution in [-0.2, 0) is 0 Å². The van der Waals surface area contributed by atoms with Gasteiger partial charge in [-0.25, -0.2) is 4.39 Å². The summed E-state index contributed by atoms with van der Waals surface area (Å²) in [5.41, 5.74) is 6.38. The Labute approximate surface area is 133 Å². The Morgan fingerprint density at radius 3 is 2.67 bits per heavy atom. The van der Waals surface area contributed by atoms with Gasteiger partial charge in [0.2, 0.25) is 0 Å². The van der Waals surface area contributed by atoms with Crippen LogP contribution in [0, 0.1) is 17.1 Å². The van der Waals surface area contributed by atoms with Crippen molar-refractivity contribution in [1.82, 2.24) is 4.90 Å². The molecule has 2 rings (SSSR count). The van der Waals surface area contributed by atoms with Crippen LogP contribution >= 0.6 is 15.9 Å². The Balaban J connectivity index is 2.11. The Kier molecular flexibility index (Phi) is 5.22. The number of nitrogens with one attached hydrogen (secondary N) is 1. The van der Waals surface area contributed by atoms with Gasteiger partial charge in [0.1, 0.15) is 5.84 Å². The summed E-state index contributed by atoms with van der Waals surface area (Å²) in [7, 11) is 4.05. The van der Waals surface area contributed by atoms with Gasteiger partial charge < -0.3 is 15.5 Å². The zero-order valence-corrected chi connectivity index (χ0v) is 14.1. The lowest BCUT2D eigenvalue weighted by Gasteiger charge is -2.32. The Morgan fingerprint density at radius 1 is 1.48 bits per heavy atom. The monoisotopic (exact) mass is 356 g/mol. The molecule has 4 nitrogen and oxygen atoms in total. The first kappa shape index (κ1) is 16.2. The fraction of sp³-hybridized carbons (Fsp3) is 0.533. The number of amidine groups is 1. The highest BCUT2D eigenvalue weighted by molar-refractivity contribution is 9.10. The fourth-order valence-electron chi connectivity index (χ4n) is 2.77. The van der Waals surface area contributed by atoms with Crippen molar-refractivity contribution in [2.45, 2.75) is 12.8 Å². The van der Waals surface area contributed by atoms with Crippen molar-refractivity contribution in [2.24, 2.45) is 11.7 Å². The van der Waals surface area contributed by atoms with Gasteiger partial charge in [0.05, 0.1) is 10.2 Å². The van der Waals surface area contributed by atoms with E-state index in [9.17, 15) is 4.39 Å². The Hall–Kier alpha value is -1.14. The van der Waals surface area contributed by atoms with Gasteiger partial charge in [0, 0.05) is 19.2 Å². The average molecular weight is 357 g/mol. The lowest BCUT2D eigenvalue weighted by atomic mass is 9.96. The van der Waals surface area contributed by atoms with E-state index in [-0.39, 0.29) is 16.1 Å². The molecule has 0 unspecified atom stereocenters. The standard InChI is InChI=1S/C15H22BrFN4/c1-20-7-5-10(6-8-20)9-21(2)12-4-3-11(15(18)19)13(16)14(12)17/h3-4,10H,5-9H2,1-2H3,(H3,18,19). The highest BCUT2D eigenvalue weighted by Gasteiger charge is 2.21. The van der Waals surface area contributed by atoms with E-state index < -0.39 is 0 Å². The number of benzene rings is 1. The molecule has 1 aliphatic heterocycles. The van der Waals surface area contributed by atoms with Crippen LogP contribution < -0.4 is 10.6 Å². The highest BCUT2D eigenvalue weighted by atomic mass is 79.9. The van der Waals surface area contributed by atoms with Gasteiger partial charge in [-0.15, -0.1) is 0 Å². The molecular weight excluding hydrogens is 335 g/mol. The topological polar surface area (TPSA) is 56.4 Å². The molecule has 0 saturated carbocycles. The van der Waals surface area contributed by atoms with Crippen molar-refractivity contribution in [3.05, 3.63) is 28.0 Å². The molecule has 21 heavy (non-hydrogen) atoms. The highest BCUT2D eigenvalue weighted by Crippen LogP contribution is 2.30. The number of rotatable bonds is 4. The maximum atomic E-state index is 14.4. The molecule has 3 N–H and O–H groups in total. The maximum Gasteiger partial charge on any atom is 0.161 e. The minimum absolute atomic E-state index is 0.134. The van der Waals surface area contributed by atoms with Crippen LogP contribution in [0.1, 0.15) is 18.4 Å². The van der Waals surface area contributed by atoms with Crippen LogP contribution in [0.15, 0.2) is 16.6 Å². The molecule has 1 heterocycles. The van der Waals surface area contributed by atoms with E-state index >= 15 is 0 Å². The van der Waals surface area contributed by atoms with Gasteiger partial charge >= 0.3 is 0 Å². The first-order chi connectivity index (χ1) is 9.90. The van der Waals surface area contributed by atoms with Crippen molar-refractivity contribution in [1.29, 1.82) is 5.41 Å². The van der Waals surface area contributed by atoms with Gasteiger partial charge in [-0.1, -0.05) is 0 Å². The molecule has 0 radical (unpaired) electrons. The minimum atomic E-state index is -0.349. The smallest absolute Gasteiger partial charge is 0.161 e. The van der Waals surface area contributed by atoms with Crippen molar-refractivity contribution >= 4 is 27.5 Å². The second-order valence-electron chi connectivity index (χ2n) is 5.80. The Morgan fingerprint density at radius 2 is 2.10 bits per heavy atom. The van der Waals surface area contributed by atoms with E-state index in [1.54, 1.807) is 12.1 Å². The lowest BCUT2D eigenvalue weighted by Crippen LogP contribution is -2.36. The molecule has 0 spiro atoms. The summed E-state index contributed by atoms with van der Waals surface area (Å²) in [6.07, 6.45) is 2.30. The van der Waals surface area contributed by atoms with Crippen LogP contribution in [-0.4, -0.2) is 44.5 Å². The predicted octanol–water partition coefficient (Wildman–Crippen LogP) is 2.65. The predicted molar refractivity (Wildman–Crippen MR) is 88.6 cm³/mol. The van der Waals surface area contributed by atoms with Gasteiger partial charge in [-0.2, -0.15) is 0 Å². The number of nitrogen functional groups attached to an aromatic ring is 1. The van der Waals surface area contributed by atoms with E-state index in [1.165, 1.54) is 0 Å². The van der Waals surface area contributed by atoms with E-state index in [1.807, 2.05) is 11.9 Å². The molecule has 0 bridgehead atoms. The molecular formula is C15H22BrFN4. The van der Waals surface area contributed by atoms with Gasteiger partial charge in [0.25, 0.3) is 0 Å². The second kappa shape index (κ2) is 6.75. The molecule has 1 aliphatic rings. The van der Waals surface area contributed by atoms with Crippen LogP contribution in [0.5, 0.6) is 0 Å². The number of likely N-dealkylation sites (tertiary alicyclic amines) is 1. The molecule has 1 saturated heterocycles. The molecule has 6 heteroatoms. The molecule has 1 fully saturated rings. The quantitative estimate of drug-likeness (QED) is 0.644. The SMILES string of the molecule is CN1CCC(CN(C)c2ccc(C(=N)N)c(Br)c2F)CC1. The second-order valence-corrected chi connectivity index (χ2v) is 6.59. The average Bonchev–Trinajstić information content (AvgIpc) is 2.43. The zero-order valence-electron chi connectivity index (χ0n) is 12.5. The van der Waals surface area contributed by atoms with Gasteiger partial charge in [0.15, 0.2) is 5.82 Å². The van der Waals surface area contributed by atoms with Crippen LogP contribution in [0.4, 0.5) is 10.1 Å². The minimum Gasteiger partial charge on any atom is -0.384 e. The van der Waals surface area contributed by atoms with Gasteiger partial charge in [-0.05, 0) is 67.0 Å². The van der Waals surface area contributed by atoms with Crippen molar-refractivity contribution < 1.29 is 4.39 Å². The van der Waals surface area contributed by atoms with Gasteiger partial charge in [-0.3, -0.25) is 5.41 Å². The summed E-state index contributed by atoms with van der Waals surface area (Å²) in [5, 5.41) is 7.44. The molecule has 0 amide bonds. The summed E-state index contributed by atoms with van der Waals surface area (Å²) < 4.78 is 14.7. The summed E-state index contributed by atoms with van der Waals surface area (Å²) in [4.78, 5) is 4.29. The number of nitrogens with zero attached hydrogens (tertiary/aromatic N) is 2. The third kappa shape index (κ3) is 3.74. The summed E-state index contributed by atoms with van der Waals surface area (Å²) >= 11 is 3.20. The van der Waals surface area contributed by atoms with Crippen molar-refractivity contribution in [2.75, 3.05) is 38.6 Å². The first-order valence-corrected chi connectivity index (χ1v) is 7.91. The molecule has 0 aliphatic carbocycles. The van der Waals surface area contributed by atoms with Crippen LogP contribution in [0.2, 0.25) is 0 Å². The van der Waals surface area contributed by atoms with E-state index in [0.717, 1.165) is 32.5 Å². The third-order valence-corrected chi connectivity index (χ3v) is 4.91. The van der Waals surface area contributed by atoms with Crippen molar-refractivity contribution in [3.63, 3.8) is 0 Å². The Bertz CT molecular complexity index is 527. The molecule has 1 aromatic carbocycles. The van der Waals surface area contributed by atoms with Crippen LogP contribution in [0.25, 0.3) is 0 Å². The van der Waals surface area contributed by atoms with Crippen molar-refractivity contribution in [3.8, 4) is 0 Å². The number of nitrogens with two attached hydrogens (primary N) is 1. The largest absolute Gasteiger partial charge is 0.384 e. The zero-order chi connectivity index (χ0) is 15.6. The lowest BCUT2D eigenvalue weighted by molar-refractivity contribution is 0.222. The molecule has 1 aromatic rings. The summed E-state index contributed by atoms with van der Waals surface area (Å²) in [5.74, 6) is 0.111. The number of hydrogen-bond acceptors (Lipinski definition) is 3. The maximum absolute atomic E-state index is 14.4. The van der Waals surface area contributed by atoms with E-state index in [2.05, 4.69) is 27.9 Å². The van der Waals surface area contributed by atoms with E-state index in [4.69, 9.17) is 11.1 Å². The molecule has 0 atom stereocenters. The summed E-state index contributed by atoms with van der Waals surface area (Å²) in [6.45, 7) is 3.05. The molecule has 0 aromatic heterocycles. The number of anilines is 1. The summed E-state index contributed by atoms with van der Waals surface area (Å²) in [6, 6.07) is 3.39. The normalized spacial score (nSPS) is 17.0. The fourth-order valence-corrected chi connectivity index (χ4v) is 3.32. The number of halogens is 2. The molecule has 116 valence electrons. The number of hydrogen-bond donors (Lipinski definition) is 2. The number of piperidine rings is 1. The first-order valence-electron chi connectivity index (χ1n) is 7.12. The van der Waals surface area contributed by atoms with Crippen LogP contribution in [0.3, 0.4) is 0 Å².